The van der Waals surface area contributed by atoms with E-state index in [1.807, 2.05) is 26.8 Å². The van der Waals surface area contributed by atoms with Crippen LogP contribution in [-0.4, -0.2) is 36.4 Å². The monoisotopic (exact) mass is 347 g/mol. The number of hydrogen-bond donors (Lipinski definition) is 1. The van der Waals surface area contributed by atoms with Gasteiger partial charge in [-0.1, -0.05) is 12.1 Å². The summed E-state index contributed by atoms with van der Waals surface area (Å²) in [4.78, 5) is 14.4. The molecule has 3 rings (SSSR count). The van der Waals surface area contributed by atoms with Gasteiger partial charge in [0, 0.05) is 31.0 Å². The summed E-state index contributed by atoms with van der Waals surface area (Å²) >= 11 is 0. The maximum Gasteiger partial charge on any atom is 0.270 e. The number of hydrogen-bond acceptors (Lipinski definition) is 3. The Morgan fingerprint density at radius 1 is 1.17 bits per heavy atom. The number of benzene rings is 1. The highest BCUT2D eigenvalue weighted by Crippen LogP contribution is 2.23. The molecule has 24 heavy (non-hydrogen) atoms. The molecule has 1 aliphatic heterocycles. The molecular formula is C17H21N3O3S. The average Bonchev–Trinajstić information content (AvgIpc) is 2.92. The highest BCUT2D eigenvalue weighted by molar-refractivity contribution is 7.92. The molecule has 6 nitrogen and oxygen atoms in total. The van der Waals surface area contributed by atoms with E-state index in [1.54, 1.807) is 27.7 Å². The third-order valence-electron chi connectivity index (χ3n) is 4.14. The van der Waals surface area contributed by atoms with Gasteiger partial charge < -0.3 is 9.47 Å². The fraction of sp³-hybridized carbons (Fsp3) is 0.353. The van der Waals surface area contributed by atoms with Gasteiger partial charge in [0.05, 0.1) is 0 Å². The molecule has 2 aromatic rings. The summed E-state index contributed by atoms with van der Waals surface area (Å²) in [6, 6.07) is 8.70. The molecule has 0 bridgehead atoms. The van der Waals surface area contributed by atoms with E-state index in [0.717, 1.165) is 5.56 Å². The second kappa shape index (κ2) is 5.98. The van der Waals surface area contributed by atoms with Crippen molar-refractivity contribution in [3.8, 4) is 0 Å². The van der Waals surface area contributed by atoms with Crippen molar-refractivity contribution in [3.05, 3.63) is 47.8 Å². The van der Waals surface area contributed by atoms with Gasteiger partial charge in [0.1, 0.15) is 10.6 Å². The first-order valence-corrected chi connectivity index (χ1v) is 9.37. The van der Waals surface area contributed by atoms with Crippen LogP contribution in [0.1, 0.15) is 29.9 Å². The second-order valence-electron chi connectivity index (χ2n) is 6.32. The molecule has 128 valence electrons. The van der Waals surface area contributed by atoms with Gasteiger partial charge in [-0.2, -0.15) is 0 Å². The summed E-state index contributed by atoms with van der Waals surface area (Å²) in [5.41, 5.74) is 1.89. The molecule has 0 aliphatic carbocycles. The Kier molecular flexibility index (Phi) is 4.13. The minimum atomic E-state index is -3.73. The third-order valence-corrected chi connectivity index (χ3v) is 5.49. The van der Waals surface area contributed by atoms with E-state index in [9.17, 15) is 13.2 Å². The molecule has 0 fully saturated rings. The lowest BCUT2D eigenvalue weighted by Gasteiger charge is -2.31. The first kappa shape index (κ1) is 16.6. The maximum atomic E-state index is 12.6. The Bertz CT molecular complexity index is 884. The number of nitrogens with one attached hydrogen (secondary N) is 1. The number of amides is 1. The molecule has 0 saturated carbocycles. The predicted molar refractivity (Wildman–Crippen MR) is 92.6 cm³/mol. The molecule has 0 spiro atoms. The van der Waals surface area contributed by atoms with Crippen molar-refractivity contribution in [3.63, 3.8) is 0 Å². The number of carbonyl (C=O) groups is 1. The zero-order valence-electron chi connectivity index (χ0n) is 14.0. The second-order valence-corrected chi connectivity index (χ2v) is 8.00. The van der Waals surface area contributed by atoms with E-state index in [-0.39, 0.29) is 16.8 Å². The van der Waals surface area contributed by atoms with E-state index in [4.69, 9.17) is 0 Å². The molecule has 1 aromatic heterocycles. The van der Waals surface area contributed by atoms with E-state index in [1.165, 1.54) is 12.3 Å². The van der Waals surface area contributed by atoms with Gasteiger partial charge in [-0.05, 0) is 44.5 Å². The first-order chi connectivity index (χ1) is 11.3. The molecule has 0 radical (unpaired) electrons. The fourth-order valence-electron chi connectivity index (χ4n) is 2.87. The topological polar surface area (TPSA) is 71.4 Å². The Hall–Kier alpha value is -2.28. The third kappa shape index (κ3) is 3.03. The molecule has 0 atom stereocenters. The van der Waals surface area contributed by atoms with Crippen molar-refractivity contribution in [2.45, 2.75) is 38.3 Å². The Labute approximate surface area is 142 Å². The minimum absolute atomic E-state index is 0.0895. The largest absolute Gasteiger partial charge is 0.340 e. The van der Waals surface area contributed by atoms with Gasteiger partial charge in [-0.25, -0.2) is 8.42 Å². The van der Waals surface area contributed by atoms with Crippen LogP contribution in [0.25, 0.3) is 0 Å². The van der Waals surface area contributed by atoms with Crippen molar-refractivity contribution < 1.29 is 13.2 Å². The summed E-state index contributed by atoms with van der Waals surface area (Å²) in [6.07, 6.45) is 1.53. The van der Waals surface area contributed by atoms with E-state index in [0.29, 0.717) is 24.5 Å². The molecular weight excluding hydrogens is 326 g/mol. The number of carbonyl (C=O) groups excluding carboxylic acids is 1. The normalized spacial score (nSPS) is 14.8. The quantitative estimate of drug-likeness (QED) is 0.923. The van der Waals surface area contributed by atoms with Gasteiger partial charge in [0.25, 0.3) is 15.9 Å². The number of anilines is 1. The molecule has 1 aromatic carbocycles. The molecule has 1 N–H and O–H groups in total. The minimum Gasteiger partial charge on any atom is -0.340 e. The number of nitrogens with zero attached hydrogens (tertiary/aromatic N) is 2. The number of fused-ring (bicyclic) bond motifs is 1. The lowest BCUT2D eigenvalue weighted by molar-refractivity contribution is 0.0649. The van der Waals surface area contributed by atoms with Crippen molar-refractivity contribution in [2.24, 2.45) is 0 Å². The fourth-order valence-corrected chi connectivity index (χ4v) is 3.96. The van der Waals surface area contributed by atoms with Gasteiger partial charge >= 0.3 is 0 Å². The first-order valence-electron chi connectivity index (χ1n) is 7.88. The van der Waals surface area contributed by atoms with Crippen LogP contribution >= 0.6 is 0 Å². The van der Waals surface area contributed by atoms with Gasteiger partial charge in [-0.15, -0.1) is 0 Å². The van der Waals surface area contributed by atoms with Crippen LogP contribution in [0.5, 0.6) is 0 Å². The van der Waals surface area contributed by atoms with Crippen LogP contribution in [0.15, 0.2) is 41.4 Å². The summed E-state index contributed by atoms with van der Waals surface area (Å²) in [7, 11) is -3.73. The van der Waals surface area contributed by atoms with Crippen molar-refractivity contribution in [2.75, 3.05) is 11.3 Å². The van der Waals surface area contributed by atoms with Crippen LogP contribution in [0, 0.1) is 6.92 Å². The maximum absolute atomic E-state index is 12.6. The molecule has 0 unspecified atom stereocenters. The number of aromatic nitrogens is 1. The standard InChI is InChI=1S/C17H21N3O3S/c1-12(2)20-8-7-19-11-15(10-16(19)17(20)21)24(22,23)18-14-6-4-5-13(3)9-14/h4-6,9-12,18H,7-8H2,1-3H3. The molecule has 7 heteroatoms. The number of rotatable bonds is 4. The van der Waals surface area contributed by atoms with Gasteiger partial charge in [-0.3, -0.25) is 9.52 Å². The van der Waals surface area contributed by atoms with Crippen LogP contribution < -0.4 is 4.72 Å². The van der Waals surface area contributed by atoms with Crippen LogP contribution in [0.2, 0.25) is 0 Å². The summed E-state index contributed by atoms with van der Waals surface area (Å²) in [5, 5.41) is 0. The lowest BCUT2D eigenvalue weighted by Crippen LogP contribution is -2.43. The predicted octanol–water partition coefficient (Wildman–Crippen LogP) is 2.46. The van der Waals surface area contributed by atoms with E-state index in [2.05, 4.69) is 4.72 Å². The molecule has 1 aliphatic rings. The highest BCUT2D eigenvalue weighted by Gasteiger charge is 2.29. The van der Waals surface area contributed by atoms with Gasteiger partial charge in [0.2, 0.25) is 0 Å². The van der Waals surface area contributed by atoms with Gasteiger partial charge in [0.15, 0.2) is 0 Å². The summed E-state index contributed by atoms with van der Waals surface area (Å²) in [6.45, 7) is 6.98. The summed E-state index contributed by atoms with van der Waals surface area (Å²) < 4.78 is 29.5. The van der Waals surface area contributed by atoms with Crippen molar-refractivity contribution in [1.29, 1.82) is 0 Å². The molecule has 0 saturated heterocycles. The highest BCUT2D eigenvalue weighted by atomic mass is 32.2. The Morgan fingerprint density at radius 3 is 2.58 bits per heavy atom. The zero-order chi connectivity index (χ0) is 17.5. The van der Waals surface area contributed by atoms with Crippen molar-refractivity contribution in [1.82, 2.24) is 9.47 Å². The lowest BCUT2D eigenvalue weighted by atomic mass is 10.2. The molecule has 2 heterocycles. The Morgan fingerprint density at radius 2 is 1.92 bits per heavy atom. The molecule has 1 amide bonds. The number of aryl methyl sites for hydroxylation is 1. The average molecular weight is 347 g/mol. The van der Waals surface area contributed by atoms with E-state index < -0.39 is 10.0 Å². The van der Waals surface area contributed by atoms with Crippen LogP contribution in [-0.2, 0) is 16.6 Å². The summed E-state index contributed by atoms with van der Waals surface area (Å²) in [5.74, 6) is -0.131. The zero-order valence-corrected chi connectivity index (χ0v) is 14.8. The smallest absolute Gasteiger partial charge is 0.270 e. The van der Waals surface area contributed by atoms with Crippen molar-refractivity contribution >= 4 is 21.6 Å². The number of sulfonamides is 1. The SMILES string of the molecule is Cc1cccc(NS(=O)(=O)c2cc3n(c2)CCN(C(C)C)C3=O)c1. The Balaban J connectivity index is 1.91. The van der Waals surface area contributed by atoms with Crippen LogP contribution in [0.4, 0.5) is 5.69 Å². The van der Waals surface area contributed by atoms with E-state index >= 15 is 0 Å². The van der Waals surface area contributed by atoms with Crippen LogP contribution in [0.3, 0.4) is 0 Å².